The molecular weight excluding hydrogens is 340 g/mol. The lowest BCUT2D eigenvalue weighted by atomic mass is 9.73. The maximum atomic E-state index is 10.6. The highest BCUT2D eigenvalue weighted by Crippen LogP contribution is 2.39. The van der Waals surface area contributed by atoms with Gasteiger partial charge in [-0.25, -0.2) is 0 Å². The van der Waals surface area contributed by atoms with Gasteiger partial charge in [-0.2, -0.15) is 0 Å². The second kappa shape index (κ2) is 7.26. The van der Waals surface area contributed by atoms with Gasteiger partial charge in [0, 0.05) is 40.8 Å². The number of benzene rings is 1. The van der Waals surface area contributed by atoms with Gasteiger partial charge in [0.15, 0.2) is 0 Å². The Morgan fingerprint density at radius 1 is 1.31 bits per heavy atom. The van der Waals surface area contributed by atoms with E-state index in [2.05, 4.69) is 23.7 Å². The lowest BCUT2D eigenvalue weighted by Crippen LogP contribution is -2.47. The summed E-state index contributed by atoms with van der Waals surface area (Å²) in [5, 5.41) is 10.6. The van der Waals surface area contributed by atoms with Crippen LogP contribution in [0.3, 0.4) is 0 Å². The third-order valence-corrected chi connectivity index (χ3v) is 6.76. The van der Waals surface area contributed by atoms with Gasteiger partial charge in [0.2, 0.25) is 0 Å². The largest absolute Gasteiger partial charge is 0.387 e. The number of nitrogens with one attached hydrogen (secondary N) is 1. The monoisotopic (exact) mass is 368 g/mol. The number of aromatic amines is 1. The molecule has 0 amide bonds. The van der Waals surface area contributed by atoms with Crippen LogP contribution in [-0.4, -0.2) is 39.5 Å². The van der Waals surface area contributed by atoms with Gasteiger partial charge in [-0.1, -0.05) is 49.5 Å². The quantitative estimate of drug-likeness (QED) is 0.806. The Labute approximate surface area is 161 Å². The Balaban J connectivity index is 1.50. The van der Waals surface area contributed by atoms with E-state index in [9.17, 15) is 5.11 Å². The van der Waals surface area contributed by atoms with Crippen LogP contribution in [0, 0.1) is 18.8 Å². The summed E-state index contributed by atoms with van der Waals surface area (Å²) in [5.41, 5.74) is 6.40. The molecular formula is C22H28N2OS. The number of nitrogens with zero attached hydrogens (tertiary/aromatic N) is 1. The number of aryl methyl sites for hydroxylation is 1. The van der Waals surface area contributed by atoms with Crippen LogP contribution in [0.2, 0.25) is 0 Å². The first-order valence-corrected chi connectivity index (χ1v) is 10.2. The second-order valence-corrected chi connectivity index (χ2v) is 8.29. The Hall–Kier alpha value is -1.49. The van der Waals surface area contributed by atoms with Crippen LogP contribution >= 0.6 is 12.2 Å². The molecule has 0 saturated carbocycles. The Morgan fingerprint density at radius 3 is 2.81 bits per heavy atom. The number of piperidine rings is 1. The van der Waals surface area contributed by atoms with E-state index >= 15 is 0 Å². The highest BCUT2D eigenvalue weighted by Gasteiger charge is 2.39. The molecule has 138 valence electrons. The van der Waals surface area contributed by atoms with Crippen LogP contribution in [-0.2, 0) is 12.8 Å². The first-order chi connectivity index (χ1) is 12.6. The molecule has 0 radical (unpaired) electrons. The molecule has 1 aliphatic carbocycles. The molecule has 4 rings (SSSR count). The SMILES string of the molecule is CCc1c(C)[nH]c2c1C(=S)C1CN(CC(O)c3ccccc3)CCC1C2. The first kappa shape index (κ1) is 17.9. The highest BCUT2D eigenvalue weighted by molar-refractivity contribution is 7.80. The van der Waals surface area contributed by atoms with Crippen LogP contribution in [0.5, 0.6) is 0 Å². The Bertz CT molecular complexity index is 798. The van der Waals surface area contributed by atoms with Crippen molar-refractivity contribution in [3.8, 4) is 0 Å². The fourth-order valence-electron chi connectivity index (χ4n) is 4.87. The number of aliphatic hydroxyl groups excluding tert-OH is 1. The van der Waals surface area contributed by atoms with Crippen molar-refractivity contribution in [2.24, 2.45) is 11.8 Å². The van der Waals surface area contributed by atoms with Gasteiger partial charge < -0.3 is 10.1 Å². The van der Waals surface area contributed by atoms with Crippen molar-refractivity contribution in [1.82, 2.24) is 9.88 Å². The summed E-state index contributed by atoms with van der Waals surface area (Å²) in [6.45, 7) is 7.10. The number of hydrogen-bond donors (Lipinski definition) is 2. The zero-order chi connectivity index (χ0) is 18.3. The molecule has 2 N–H and O–H groups in total. The molecule has 1 saturated heterocycles. The standard InChI is InChI=1S/C22H28N2OS/c1-3-17-14(2)23-19-11-16-9-10-24(12-18(16)22(26)21(17)19)13-20(25)15-7-5-4-6-8-15/h4-8,16,18,20,23,25H,3,9-13H2,1-2H3. The lowest BCUT2D eigenvalue weighted by Gasteiger charge is -2.42. The van der Waals surface area contributed by atoms with Crippen molar-refractivity contribution in [2.75, 3.05) is 19.6 Å². The van der Waals surface area contributed by atoms with Gasteiger partial charge in [0.05, 0.1) is 6.10 Å². The molecule has 1 aromatic heterocycles. The summed E-state index contributed by atoms with van der Waals surface area (Å²) in [4.78, 5) is 7.16. The van der Waals surface area contributed by atoms with Crippen molar-refractivity contribution >= 4 is 17.1 Å². The van der Waals surface area contributed by atoms with E-state index in [0.717, 1.165) is 42.8 Å². The number of aromatic nitrogens is 1. The van der Waals surface area contributed by atoms with Crippen molar-refractivity contribution in [3.63, 3.8) is 0 Å². The number of H-pyrrole nitrogens is 1. The average Bonchev–Trinajstić information content (AvgIpc) is 2.98. The van der Waals surface area contributed by atoms with Crippen LogP contribution < -0.4 is 0 Å². The van der Waals surface area contributed by atoms with Crippen LogP contribution in [0.4, 0.5) is 0 Å². The molecule has 3 atom stereocenters. The van der Waals surface area contributed by atoms with Gasteiger partial charge in [0.25, 0.3) is 0 Å². The molecule has 0 bridgehead atoms. The molecule has 2 heterocycles. The minimum absolute atomic E-state index is 0.429. The number of aliphatic hydroxyl groups is 1. The number of hydrogen-bond acceptors (Lipinski definition) is 3. The van der Waals surface area contributed by atoms with Gasteiger partial charge in [-0.05, 0) is 49.8 Å². The minimum atomic E-state index is -0.429. The van der Waals surface area contributed by atoms with E-state index in [4.69, 9.17) is 12.2 Å². The molecule has 1 aromatic carbocycles. The Kier molecular flexibility index (Phi) is 5.00. The zero-order valence-corrected chi connectivity index (χ0v) is 16.5. The topological polar surface area (TPSA) is 39.3 Å². The van der Waals surface area contributed by atoms with Gasteiger partial charge >= 0.3 is 0 Å². The summed E-state index contributed by atoms with van der Waals surface area (Å²) in [7, 11) is 0. The normalized spacial score (nSPS) is 24.2. The second-order valence-electron chi connectivity index (χ2n) is 7.85. The van der Waals surface area contributed by atoms with Crippen molar-refractivity contribution in [1.29, 1.82) is 0 Å². The molecule has 1 fully saturated rings. The number of thiocarbonyl (C=S) groups is 1. The number of fused-ring (bicyclic) bond motifs is 2. The highest BCUT2D eigenvalue weighted by atomic mass is 32.1. The molecule has 3 nitrogen and oxygen atoms in total. The van der Waals surface area contributed by atoms with Crippen LogP contribution in [0.1, 0.15) is 47.5 Å². The summed E-state index contributed by atoms with van der Waals surface area (Å²) in [5.74, 6) is 1.08. The van der Waals surface area contributed by atoms with E-state index in [1.807, 2.05) is 30.3 Å². The summed E-state index contributed by atoms with van der Waals surface area (Å²) < 4.78 is 0. The Morgan fingerprint density at radius 2 is 2.08 bits per heavy atom. The fourth-order valence-corrected chi connectivity index (χ4v) is 5.39. The van der Waals surface area contributed by atoms with Crippen molar-refractivity contribution < 1.29 is 5.11 Å². The predicted octanol–water partition coefficient (Wildman–Crippen LogP) is 3.83. The fraction of sp³-hybridized carbons (Fsp3) is 0.500. The number of rotatable bonds is 4. The smallest absolute Gasteiger partial charge is 0.0916 e. The van der Waals surface area contributed by atoms with E-state index in [1.165, 1.54) is 22.5 Å². The molecule has 4 heteroatoms. The van der Waals surface area contributed by atoms with Crippen molar-refractivity contribution in [2.45, 2.75) is 39.2 Å². The maximum absolute atomic E-state index is 10.6. The first-order valence-electron chi connectivity index (χ1n) is 9.78. The summed E-state index contributed by atoms with van der Waals surface area (Å²) in [6.07, 6.45) is 2.88. The van der Waals surface area contributed by atoms with Crippen LogP contribution in [0.15, 0.2) is 30.3 Å². The molecule has 0 spiro atoms. The predicted molar refractivity (Wildman–Crippen MR) is 110 cm³/mol. The summed E-state index contributed by atoms with van der Waals surface area (Å²) >= 11 is 5.98. The average molecular weight is 369 g/mol. The third-order valence-electron chi connectivity index (χ3n) is 6.25. The van der Waals surface area contributed by atoms with Gasteiger partial charge in [-0.3, -0.25) is 4.90 Å². The maximum Gasteiger partial charge on any atom is 0.0916 e. The molecule has 2 aliphatic rings. The third kappa shape index (κ3) is 3.15. The summed E-state index contributed by atoms with van der Waals surface area (Å²) in [6, 6.07) is 9.98. The number of likely N-dealkylation sites (tertiary alicyclic amines) is 1. The lowest BCUT2D eigenvalue weighted by molar-refractivity contribution is 0.0768. The number of β-amino-alcohol motifs (C(OH)–C–C–N with tert-alkyl or cyclic N) is 1. The van der Waals surface area contributed by atoms with Gasteiger partial charge in [-0.15, -0.1) is 0 Å². The van der Waals surface area contributed by atoms with E-state index in [1.54, 1.807) is 0 Å². The van der Waals surface area contributed by atoms with E-state index < -0.39 is 6.10 Å². The molecule has 1 aliphatic heterocycles. The minimum Gasteiger partial charge on any atom is -0.387 e. The van der Waals surface area contributed by atoms with Crippen molar-refractivity contribution in [3.05, 3.63) is 58.4 Å². The molecule has 3 unspecified atom stereocenters. The van der Waals surface area contributed by atoms with E-state index in [0.29, 0.717) is 18.4 Å². The molecule has 26 heavy (non-hydrogen) atoms. The molecule has 2 aromatic rings. The van der Waals surface area contributed by atoms with E-state index in [-0.39, 0.29) is 0 Å². The van der Waals surface area contributed by atoms with Crippen LogP contribution in [0.25, 0.3) is 0 Å². The zero-order valence-electron chi connectivity index (χ0n) is 15.7. The van der Waals surface area contributed by atoms with Gasteiger partial charge in [0.1, 0.15) is 0 Å².